The first-order chi connectivity index (χ1) is 9.78. The molecule has 5 heteroatoms. The number of hydrogen-bond donors (Lipinski definition) is 0. The van der Waals surface area contributed by atoms with Gasteiger partial charge >= 0.3 is 0 Å². The molecule has 0 aliphatic carbocycles. The van der Waals surface area contributed by atoms with Crippen molar-refractivity contribution >= 4 is 19.0 Å². The molecule has 1 atom stereocenters. The number of hydrogen-bond acceptors (Lipinski definition) is 4. The Morgan fingerprint density at radius 2 is 2.25 bits per heavy atom. The Morgan fingerprint density at radius 3 is 3.00 bits per heavy atom. The molecular weight excluding hydrogens is 249 g/mol. The maximum absolute atomic E-state index is 8.88. The minimum absolute atomic E-state index is 0.196. The van der Waals surface area contributed by atoms with E-state index in [-0.39, 0.29) is 6.10 Å². The molecule has 2 heterocycles. The lowest BCUT2D eigenvalue weighted by atomic mass is 9.90. The monoisotopic (exact) mass is 261 g/mol. The van der Waals surface area contributed by atoms with Gasteiger partial charge in [-0.05, 0) is 18.2 Å². The van der Waals surface area contributed by atoms with E-state index in [1.165, 1.54) is 0 Å². The number of ether oxygens (including phenoxy) is 1. The molecular formula is C15H12BN3O. The Bertz CT molecular complexity index is 707. The van der Waals surface area contributed by atoms with Crippen LogP contribution in [0.5, 0.6) is 5.75 Å². The molecule has 3 rings (SSSR count). The molecule has 0 spiro atoms. The highest BCUT2D eigenvalue weighted by Crippen LogP contribution is 2.33. The number of benzene rings is 1. The summed E-state index contributed by atoms with van der Waals surface area (Å²) in [6.07, 6.45) is 3.98. The van der Waals surface area contributed by atoms with E-state index in [1.807, 2.05) is 50.4 Å². The SMILES string of the molecule is Bc1ccc2c(c1)/C(=N/C#N)CC(c1ccccn1)O2. The van der Waals surface area contributed by atoms with Crippen LogP contribution in [-0.2, 0) is 0 Å². The third kappa shape index (κ3) is 2.28. The van der Waals surface area contributed by atoms with Crippen LogP contribution in [0.15, 0.2) is 47.6 Å². The lowest BCUT2D eigenvalue weighted by Crippen LogP contribution is -2.23. The molecule has 0 saturated carbocycles. The van der Waals surface area contributed by atoms with Crippen LogP contribution >= 0.6 is 0 Å². The third-order valence-corrected chi connectivity index (χ3v) is 3.30. The average Bonchev–Trinajstić information content (AvgIpc) is 2.49. The number of nitrogens with zero attached hydrogens (tertiary/aromatic N) is 3. The van der Waals surface area contributed by atoms with Gasteiger partial charge in [-0.1, -0.05) is 23.7 Å². The molecule has 2 aromatic rings. The number of aliphatic imine (C=N–C) groups is 1. The van der Waals surface area contributed by atoms with Crippen LogP contribution in [0.2, 0.25) is 0 Å². The number of fused-ring (bicyclic) bond motifs is 1. The van der Waals surface area contributed by atoms with Crippen LogP contribution in [0.1, 0.15) is 23.8 Å². The molecule has 0 saturated heterocycles. The van der Waals surface area contributed by atoms with Crippen LogP contribution in [-0.4, -0.2) is 18.5 Å². The van der Waals surface area contributed by atoms with Crippen LogP contribution in [0.3, 0.4) is 0 Å². The second kappa shape index (κ2) is 5.18. The molecule has 1 aliphatic rings. The zero-order valence-electron chi connectivity index (χ0n) is 11.1. The summed E-state index contributed by atoms with van der Waals surface area (Å²) in [5.41, 5.74) is 3.63. The first-order valence-corrected chi connectivity index (χ1v) is 6.42. The molecule has 20 heavy (non-hydrogen) atoms. The first kappa shape index (κ1) is 12.4. The van der Waals surface area contributed by atoms with Gasteiger partial charge in [-0.2, -0.15) is 10.3 Å². The summed E-state index contributed by atoms with van der Waals surface area (Å²) in [5, 5.41) is 8.88. The average molecular weight is 261 g/mol. The summed E-state index contributed by atoms with van der Waals surface area (Å²) in [6, 6.07) is 11.6. The quantitative estimate of drug-likeness (QED) is 0.571. The summed E-state index contributed by atoms with van der Waals surface area (Å²) in [6.45, 7) is 0. The van der Waals surface area contributed by atoms with Crippen molar-refractivity contribution in [3.63, 3.8) is 0 Å². The summed E-state index contributed by atoms with van der Waals surface area (Å²) in [5.74, 6) is 0.756. The van der Waals surface area contributed by atoms with Crippen molar-refractivity contribution < 1.29 is 4.74 Å². The maximum Gasteiger partial charge on any atom is 0.205 e. The molecule has 1 aromatic carbocycles. The Hall–Kier alpha value is -2.61. The van der Waals surface area contributed by atoms with Crippen molar-refractivity contribution in [3.8, 4) is 11.9 Å². The normalized spacial score (nSPS) is 18.9. The van der Waals surface area contributed by atoms with Gasteiger partial charge in [0.15, 0.2) is 0 Å². The topological polar surface area (TPSA) is 58.3 Å². The molecule has 0 fully saturated rings. The highest BCUT2D eigenvalue weighted by atomic mass is 16.5. The molecule has 0 N–H and O–H groups in total. The molecule has 96 valence electrons. The fourth-order valence-electron chi connectivity index (χ4n) is 2.35. The van der Waals surface area contributed by atoms with Crippen LogP contribution < -0.4 is 10.2 Å². The van der Waals surface area contributed by atoms with E-state index in [2.05, 4.69) is 9.98 Å². The molecule has 1 aliphatic heterocycles. The Morgan fingerprint density at radius 1 is 1.35 bits per heavy atom. The van der Waals surface area contributed by atoms with E-state index >= 15 is 0 Å². The summed E-state index contributed by atoms with van der Waals surface area (Å²) in [7, 11) is 2.01. The van der Waals surface area contributed by atoms with Crippen LogP contribution in [0.25, 0.3) is 0 Å². The molecule has 4 nitrogen and oxygen atoms in total. The lowest BCUT2D eigenvalue weighted by Gasteiger charge is -2.26. The maximum atomic E-state index is 8.88. The first-order valence-electron chi connectivity index (χ1n) is 6.42. The Kier molecular flexibility index (Phi) is 3.22. The lowest BCUT2D eigenvalue weighted by molar-refractivity contribution is 0.202. The van der Waals surface area contributed by atoms with Crippen LogP contribution in [0.4, 0.5) is 0 Å². The number of aromatic nitrogens is 1. The Balaban J connectivity index is 2.04. The van der Waals surface area contributed by atoms with E-state index in [0.29, 0.717) is 6.42 Å². The van der Waals surface area contributed by atoms with Crippen molar-refractivity contribution in [3.05, 3.63) is 53.9 Å². The highest BCUT2D eigenvalue weighted by molar-refractivity contribution is 6.33. The summed E-state index contributed by atoms with van der Waals surface area (Å²) >= 11 is 0. The fourth-order valence-corrected chi connectivity index (χ4v) is 2.35. The van der Waals surface area contributed by atoms with E-state index in [1.54, 1.807) is 6.20 Å². The Labute approximate surface area is 118 Å². The largest absolute Gasteiger partial charge is 0.483 e. The molecule has 0 amide bonds. The zero-order chi connectivity index (χ0) is 13.9. The van der Waals surface area contributed by atoms with Gasteiger partial charge in [-0.25, -0.2) is 0 Å². The van der Waals surface area contributed by atoms with E-state index in [4.69, 9.17) is 10.00 Å². The standard InChI is InChI=1S/C15H12BN3O/c16-10-4-5-14-11(7-10)13(19-9-17)8-15(20-14)12-3-1-2-6-18-12/h1-7,15H,8,16H2/b19-13+. The minimum atomic E-state index is -0.196. The predicted molar refractivity (Wildman–Crippen MR) is 79.0 cm³/mol. The molecule has 0 radical (unpaired) electrons. The minimum Gasteiger partial charge on any atom is -0.483 e. The number of rotatable bonds is 1. The van der Waals surface area contributed by atoms with E-state index in [0.717, 1.165) is 28.2 Å². The van der Waals surface area contributed by atoms with Crippen molar-refractivity contribution in [1.82, 2.24) is 4.98 Å². The fraction of sp³-hybridized carbons (Fsp3) is 0.133. The van der Waals surface area contributed by atoms with Gasteiger partial charge in [0, 0.05) is 18.2 Å². The van der Waals surface area contributed by atoms with Crippen molar-refractivity contribution in [2.24, 2.45) is 4.99 Å². The smallest absolute Gasteiger partial charge is 0.205 e. The van der Waals surface area contributed by atoms with Gasteiger partial charge in [0.1, 0.15) is 19.7 Å². The predicted octanol–water partition coefficient (Wildman–Crippen LogP) is 1.13. The summed E-state index contributed by atoms with van der Waals surface area (Å²) < 4.78 is 6.00. The van der Waals surface area contributed by atoms with E-state index in [9.17, 15) is 0 Å². The second-order valence-electron chi connectivity index (χ2n) is 4.72. The summed E-state index contributed by atoms with van der Waals surface area (Å²) in [4.78, 5) is 8.28. The zero-order valence-corrected chi connectivity index (χ0v) is 11.1. The van der Waals surface area contributed by atoms with Crippen molar-refractivity contribution in [2.75, 3.05) is 0 Å². The van der Waals surface area contributed by atoms with Crippen molar-refractivity contribution in [1.29, 1.82) is 5.26 Å². The number of pyridine rings is 1. The van der Waals surface area contributed by atoms with Crippen LogP contribution in [0, 0.1) is 11.5 Å². The highest BCUT2D eigenvalue weighted by Gasteiger charge is 2.27. The van der Waals surface area contributed by atoms with Gasteiger partial charge in [0.2, 0.25) is 6.19 Å². The van der Waals surface area contributed by atoms with Gasteiger partial charge in [-0.15, -0.1) is 0 Å². The van der Waals surface area contributed by atoms with Gasteiger partial charge in [-0.3, -0.25) is 4.98 Å². The van der Waals surface area contributed by atoms with E-state index < -0.39 is 0 Å². The van der Waals surface area contributed by atoms with Gasteiger partial charge in [0.25, 0.3) is 0 Å². The van der Waals surface area contributed by atoms with Gasteiger partial charge in [0.05, 0.1) is 11.4 Å². The molecule has 1 unspecified atom stereocenters. The second-order valence-corrected chi connectivity index (χ2v) is 4.72. The molecule has 0 bridgehead atoms. The number of nitriles is 1. The van der Waals surface area contributed by atoms with Crippen molar-refractivity contribution in [2.45, 2.75) is 12.5 Å². The molecule has 1 aromatic heterocycles. The van der Waals surface area contributed by atoms with Gasteiger partial charge < -0.3 is 4.74 Å². The third-order valence-electron chi connectivity index (χ3n) is 3.30.